The highest BCUT2D eigenvalue weighted by Gasteiger charge is 2.29. The molecule has 4 unspecified atom stereocenters. The number of carbonyl (C=O) groups is 5. The second kappa shape index (κ2) is 33.9. The van der Waals surface area contributed by atoms with Gasteiger partial charge in [0.2, 0.25) is 23.6 Å². The van der Waals surface area contributed by atoms with Gasteiger partial charge in [-0.05, 0) is 88.4 Å². The maximum Gasteiger partial charge on any atom is 0.243 e. The maximum atomic E-state index is 13.9. The van der Waals surface area contributed by atoms with Crippen LogP contribution in [-0.2, 0) is 24.0 Å². The van der Waals surface area contributed by atoms with Crippen LogP contribution in [0.3, 0.4) is 0 Å². The number of hydrogen-bond donors (Lipinski definition) is 4. The van der Waals surface area contributed by atoms with Crippen molar-refractivity contribution in [1.82, 2.24) is 21.3 Å². The zero-order valence-corrected chi connectivity index (χ0v) is 36.4. The summed E-state index contributed by atoms with van der Waals surface area (Å²) in [6.07, 6.45) is 20.1. The zero-order chi connectivity index (χ0) is 40.6. The highest BCUT2D eigenvalue weighted by molar-refractivity contribution is 5.93. The molecule has 0 radical (unpaired) electrons. The smallest absolute Gasteiger partial charge is 0.243 e. The molecule has 9 nitrogen and oxygen atoms in total. The van der Waals surface area contributed by atoms with E-state index in [2.05, 4.69) is 69.7 Å². The molecule has 0 fully saturated rings. The molecule has 9 heteroatoms. The van der Waals surface area contributed by atoms with Gasteiger partial charge < -0.3 is 21.3 Å². The molecular weight excluding hydrogens is 677 g/mol. The first-order valence-electron chi connectivity index (χ1n) is 22.6. The Bertz CT molecular complexity index is 999. The number of unbranched alkanes of at least 4 members (excludes halogenated alkanes) is 5. The van der Waals surface area contributed by atoms with Gasteiger partial charge in [0.05, 0.1) is 6.04 Å². The summed E-state index contributed by atoms with van der Waals surface area (Å²) >= 11 is 0. The molecule has 0 saturated carbocycles. The molecule has 4 atom stereocenters. The molecule has 0 bridgehead atoms. The third-order valence-corrected chi connectivity index (χ3v) is 11.2. The van der Waals surface area contributed by atoms with Crippen molar-refractivity contribution in [1.29, 1.82) is 0 Å². The standard InChI is InChI=1S/C45H86N4O5/c1-9-24-38(13-5)44(53)39(28-20-22-33-46-41(50)30-17-14-25-35(6)7)49-45(54)40(48-43(52)32-18-15-26-36(8)10-2)29-21-23-34-47-42(51)31-19-16-27-37(11-3)12-4/h35-40H,9-34H2,1-8H3,(H,46,50)(H,47,51)(H,48,52)(H,49,54). The molecule has 0 saturated heterocycles. The predicted molar refractivity (Wildman–Crippen MR) is 225 cm³/mol. The maximum absolute atomic E-state index is 13.9. The second-order valence-electron chi connectivity index (χ2n) is 16.5. The minimum atomic E-state index is -0.746. The lowest BCUT2D eigenvalue weighted by molar-refractivity contribution is -0.133. The van der Waals surface area contributed by atoms with E-state index in [0.717, 1.165) is 83.0 Å². The summed E-state index contributed by atoms with van der Waals surface area (Å²) in [5, 5.41) is 12.1. The molecule has 54 heavy (non-hydrogen) atoms. The highest BCUT2D eigenvalue weighted by atomic mass is 16.2. The predicted octanol–water partition coefficient (Wildman–Crippen LogP) is 9.74. The summed E-state index contributed by atoms with van der Waals surface area (Å²) in [7, 11) is 0. The van der Waals surface area contributed by atoms with Crippen molar-refractivity contribution in [3.63, 3.8) is 0 Å². The highest BCUT2D eigenvalue weighted by Crippen LogP contribution is 2.19. The van der Waals surface area contributed by atoms with E-state index < -0.39 is 12.1 Å². The van der Waals surface area contributed by atoms with Gasteiger partial charge in [0, 0.05) is 38.3 Å². The molecule has 0 aliphatic carbocycles. The fraction of sp³-hybridized carbons (Fsp3) is 0.889. The van der Waals surface area contributed by atoms with Gasteiger partial charge >= 0.3 is 0 Å². The molecule has 0 aliphatic rings. The molecule has 0 heterocycles. The van der Waals surface area contributed by atoms with Crippen LogP contribution in [-0.4, -0.2) is 54.6 Å². The van der Waals surface area contributed by atoms with Gasteiger partial charge in [-0.1, -0.05) is 120 Å². The van der Waals surface area contributed by atoms with Gasteiger partial charge in [0.15, 0.2) is 5.78 Å². The van der Waals surface area contributed by atoms with Crippen LogP contribution in [0, 0.1) is 23.7 Å². The first-order chi connectivity index (χ1) is 25.9. The van der Waals surface area contributed by atoms with Crippen LogP contribution in [0.15, 0.2) is 0 Å². The van der Waals surface area contributed by atoms with E-state index in [0.29, 0.717) is 82.7 Å². The quantitative estimate of drug-likeness (QED) is 0.0472. The van der Waals surface area contributed by atoms with Gasteiger partial charge in [-0.15, -0.1) is 0 Å². The largest absolute Gasteiger partial charge is 0.356 e. The van der Waals surface area contributed by atoms with E-state index in [1.807, 2.05) is 6.92 Å². The molecule has 0 aliphatic heterocycles. The Labute approximate surface area is 332 Å². The molecule has 4 N–H and O–H groups in total. The number of nitrogens with one attached hydrogen (secondary N) is 4. The number of ketones is 1. The summed E-state index contributed by atoms with van der Waals surface area (Å²) in [6, 6.07) is -1.38. The van der Waals surface area contributed by atoms with Crippen LogP contribution in [0.4, 0.5) is 0 Å². The Morgan fingerprint density at radius 3 is 1.46 bits per heavy atom. The lowest BCUT2D eigenvalue weighted by Crippen LogP contribution is -2.52. The van der Waals surface area contributed by atoms with E-state index in [1.54, 1.807) is 0 Å². The first kappa shape index (κ1) is 51.5. The van der Waals surface area contributed by atoms with Crippen LogP contribution in [0.1, 0.15) is 209 Å². The van der Waals surface area contributed by atoms with Crippen molar-refractivity contribution in [2.24, 2.45) is 23.7 Å². The Kier molecular flexibility index (Phi) is 32.3. The van der Waals surface area contributed by atoms with Gasteiger partial charge in [0.1, 0.15) is 6.04 Å². The van der Waals surface area contributed by atoms with Crippen LogP contribution in [0.2, 0.25) is 0 Å². The van der Waals surface area contributed by atoms with E-state index in [4.69, 9.17) is 0 Å². The average Bonchev–Trinajstić information content (AvgIpc) is 3.15. The van der Waals surface area contributed by atoms with Crippen molar-refractivity contribution in [3.05, 3.63) is 0 Å². The minimum Gasteiger partial charge on any atom is -0.356 e. The van der Waals surface area contributed by atoms with Gasteiger partial charge in [-0.2, -0.15) is 0 Å². The van der Waals surface area contributed by atoms with E-state index in [1.165, 1.54) is 19.3 Å². The lowest BCUT2D eigenvalue weighted by atomic mass is 9.89. The fourth-order valence-electron chi connectivity index (χ4n) is 7.09. The van der Waals surface area contributed by atoms with Crippen LogP contribution in [0.5, 0.6) is 0 Å². The summed E-state index contributed by atoms with van der Waals surface area (Å²) in [6.45, 7) is 18.4. The van der Waals surface area contributed by atoms with Gasteiger partial charge in [-0.3, -0.25) is 24.0 Å². The number of hydrogen-bond acceptors (Lipinski definition) is 5. The Hall–Kier alpha value is -2.45. The Balaban J connectivity index is 5.34. The number of carbonyl (C=O) groups excluding carboxylic acids is 5. The van der Waals surface area contributed by atoms with E-state index >= 15 is 0 Å². The fourth-order valence-corrected chi connectivity index (χ4v) is 7.09. The van der Waals surface area contributed by atoms with Crippen LogP contribution in [0.25, 0.3) is 0 Å². The van der Waals surface area contributed by atoms with Crippen molar-refractivity contribution < 1.29 is 24.0 Å². The molecule has 0 aromatic rings. The van der Waals surface area contributed by atoms with E-state index in [-0.39, 0.29) is 35.3 Å². The average molecular weight is 763 g/mol. The normalized spacial score (nSPS) is 13.7. The molecule has 0 rings (SSSR count). The number of rotatable bonds is 36. The lowest BCUT2D eigenvalue weighted by Gasteiger charge is -2.26. The van der Waals surface area contributed by atoms with Crippen molar-refractivity contribution in [2.75, 3.05) is 13.1 Å². The first-order valence-corrected chi connectivity index (χ1v) is 22.6. The minimum absolute atomic E-state index is 0.0552. The molecule has 316 valence electrons. The van der Waals surface area contributed by atoms with Crippen LogP contribution >= 0.6 is 0 Å². The third-order valence-electron chi connectivity index (χ3n) is 11.2. The summed E-state index contributed by atoms with van der Waals surface area (Å²) in [5.41, 5.74) is 0. The number of Topliss-reactive ketones (excluding diaryl/α,β-unsaturated/α-hetero) is 1. The molecule has 0 aromatic heterocycles. The SMILES string of the molecule is CCCC(CC)C(=O)C(CCCCNC(=O)CCCCC(C)C)NC(=O)C(CCCCNC(=O)CCCCC(CC)CC)NC(=O)CCCCC(C)CC. The topological polar surface area (TPSA) is 133 Å². The molecule has 4 amide bonds. The number of amides is 4. The summed E-state index contributed by atoms with van der Waals surface area (Å²) in [5.74, 6) is 1.63. The van der Waals surface area contributed by atoms with Gasteiger partial charge in [0.25, 0.3) is 0 Å². The van der Waals surface area contributed by atoms with Crippen molar-refractivity contribution in [3.8, 4) is 0 Å². The third kappa shape index (κ3) is 27.2. The monoisotopic (exact) mass is 763 g/mol. The Morgan fingerprint density at radius 2 is 0.963 bits per heavy atom. The van der Waals surface area contributed by atoms with E-state index in [9.17, 15) is 24.0 Å². The molecular formula is C45H86N4O5. The molecule has 0 spiro atoms. The summed E-state index contributed by atoms with van der Waals surface area (Å²) < 4.78 is 0. The molecule has 0 aromatic carbocycles. The zero-order valence-electron chi connectivity index (χ0n) is 36.4. The second-order valence-corrected chi connectivity index (χ2v) is 16.5. The van der Waals surface area contributed by atoms with Crippen molar-refractivity contribution >= 4 is 29.4 Å². The van der Waals surface area contributed by atoms with Crippen LogP contribution < -0.4 is 21.3 Å². The summed E-state index contributed by atoms with van der Waals surface area (Å²) in [4.78, 5) is 65.5. The van der Waals surface area contributed by atoms with Crippen molar-refractivity contribution in [2.45, 2.75) is 222 Å². The Morgan fingerprint density at radius 1 is 0.463 bits per heavy atom. The van der Waals surface area contributed by atoms with Gasteiger partial charge in [-0.25, -0.2) is 0 Å².